The molecule has 11 heteroatoms. The average molecular weight is 503 g/mol. The Morgan fingerprint density at radius 3 is 2.65 bits per heavy atom. The Morgan fingerprint density at radius 2 is 1.97 bits per heavy atom. The number of carbonyl (C=O) groups excluding carboxylic acids is 2. The van der Waals surface area contributed by atoms with Crippen LogP contribution in [-0.2, 0) is 4.74 Å². The Morgan fingerprint density at radius 1 is 1.19 bits per heavy atom. The van der Waals surface area contributed by atoms with Gasteiger partial charge in [-0.2, -0.15) is 10.4 Å². The summed E-state index contributed by atoms with van der Waals surface area (Å²) < 4.78 is 5.51. The number of carbonyl (C=O) groups is 2. The summed E-state index contributed by atoms with van der Waals surface area (Å²) in [6, 6.07) is 8.92. The number of piperazine rings is 1. The fourth-order valence-corrected chi connectivity index (χ4v) is 4.39. The average Bonchev–Trinajstić information content (AvgIpc) is 3.60. The van der Waals surface area contributed by atoms with Gasteiger partial charge in [-0.25, -0.2) is 14.8 Å². The molecule has 0 bridgehead atoms. The second-order valence-corrected chi connectivity index (χ2v) is 10.6. The van der Waals surface area contributed by atoms with Crippen molar-refractivity contribution in [3.63, 3.8) is 0 Å². The molecule has 2 N–H and O–H groups in total. The highest BCUT2D eigenvalue weighted by molar-refractivity contribution is 5.97. The molecule has 2 amide bonds. The number of rotatable bonds is 4. The molecule has 0 spiro atoms. The lowest BCUT2D eigenvalue weighted by Crippen LogP contribution is -2.56. The molecule has 0 radical (unpaired) electrons. The Kier molecular flexibility index (Phi) is 6.19. The summed E-state index contributed by atoms with van der Waals surface area (Å²) in [5.74, 6) is 1.21. The number of hydrogen-bond acceptors (Lipinski definition) is 8. The summed E-state index contributed by atoms with van der Waals surface area (Å²) >= 11 is 0. The number of aromatic amines is 1. The molecule has 2 aromatic heterocycles. The van der Waals surface area contributed by atoms with Crippen LogP contribution in [-0.4, -0.2) is 73.2 Å². The topological polar surface area (TPSA) is 140 Å². The first-order valence-corrected chi connectivity index (χ1v) is 12.4. The summed E-state index contributed by atoms with van der Waals surface area (Å²) in [6.07, 6.45) is 1.89. The molecule has 1 unspecified atom stereocenters. The fourth-order valence-electron chi connectivity index (χ4n) is 4.39. The first kappa shape index (κ1) is 24.5. The third-order valence-electron chi connectivity index (χ3n) is 6.42. The number of nitrogens with one attached hydrogen (secondary N) is 2. The second-order valence-electron chi connectivity index (χ2n) is 10.6. The summed E-state index contributed by atoms with van der Waals surface area (Å²) in [5, 5.41) is 20.6. The first-order chi connectivity index (χ1) is 17.6. The van der Waals surface area contributed by atoms with Gasteiger partial charge < -0.3 is 19.9 Å². The maximum Gasteiger partial charge on any atom is 0.410 e. The van der Waals surface area contributed by atoms with E-state index in [1.807, 2.05) is 33.8 Å². The number of fused-ring (bicyclic) bond motifs is 1. The van der Waals surface area contributed by atoms with E-state index in [1.54, 1.807) is 28.0 Å². The predicted molar refractivity (Wildman–Crippen MR) is 136 cm³/mol. The number of H-pyrrole nitrogens is 1. The first-order valence-electron chi connectivity index (χ1n) is 12.4. The van der Waals surface area contributed by atoms with E-state index < -0.39 is 11.7 Å². The van der Waals surface area contributed by atoms with E-state index in [0.717, 1.165) is 18.5 Å². The minimum atomic E-state index is -0.592. The van der Waals surface area contributed by atoms with Crippen molar-refractivity contribution in [2.75, 3.05) is 25.0 Å². The van der Waals surface area contributed by atoms with Gasteiger partial charge in [-0.3, -0.25) is 9.89 Å². The van der Waals surface area contributed by atoms with Crippen molar-refractivity contribution in [2.45, 2.75) is 58.1 Å². The van der Waals surface area contributed by atoms with Gasteiger partial charge in [0.1, 0.15) is 11.4 Å². The standard InChI is InChI=1S/C26H30N8O3/c1-15-14-33(9-10-34(15)25(36)37-26(2,3)4)24(35)23-28-19-8-5-16(13-27)11-18(19)22(30-23)29-21-12-20(31-32-21)17-6-7-17/h5,8,11-12,15,17H,6-7,9-10,14H2,1-4H3,(H2,28,29,30,31,32). The summed E-state index contributed by atoms with van der Waals surface area (Å²) in [5.41, 5.74) is 1.47. The number of nitrogens with zero attached hydrogens (tertiary/aromatic N) is 6. The molecule has 1 aromatic carbocycles. The molecular formula is C26H30N8O3. The Balaban J connectivity index is 1.40. The molecule has 11 nitrogen and oxygen atoms in total. The lowest BCUT2D eigenvalue weighted by Gasteiger charge is -2.39. The van der Waals surface area contributed by atoms with Crippen molar-refractivity contribution in [3.05, 3.63) is 41.3 Å². The molecule has 1 aliphatic heterocycles. The van der Waals surface area contributed by atoms with E-state index in [2.05, 4.69) is 31.6 Å². The number of nitriles is 1. The summed E-state index contributed by atoms with van der Waals surface area (Å²) in [7, 11) is 0. The molecule has 192 valence electrons. The van der Waals surface area contributed by atoms with Crippen molar-refractivity contribution in [1.29, 1.82) is 5.26 Å². The zero-order valence-electron chi connectivity index (χ0n) is 21.4. The molecule has 3 heterocycles. The van der Waals surface area contributed by atoms with Crippen LogP contribution in [0.25, 0.3) is 10.9 Å². The van der Waals surface area contributed by atoms with Crippen molar-refractivity contribution >= 4 is 34.5 Å². The van der Waals surface area contributed by atoms with Gasteiger partial charge in [-0.15, -0.1) is 0 Å². The van der Waals surface area contributed by atoms with E-state index in [0.29, 0.717) is 53.7 Å². The summed E-state index contributed by atoms with van der Waals surface area (Å²) in [6.45, 7) is 8.39. The quantitative estimate of drug-likeness (QED) is 0.547. The molecule has 1 aliphatic carbocycles. The normalized spacial score (nSPS) is 18.0. The summed E-state index contributed by atoms with van der Waals surface area (Å²) in [4.78, 5) is 38.4. The highest BCUT2D eigenvalue weighted by Gasteiger charge is 2.34. The number of amides is 2. The second kappa shape index (κ2) is 9.35. The molecule has 2 fully saturated rings. The number of ether oxygens (including phenoxy) is 1. The van der Waals surface area contributed by atoms with Crippen LogP contribution in [0.4, 0.5) is 16.4 Å². The van der Waals surface area contributed by atoms with Crippen LogP contribution in [0.1, 0.15) is 68.3 Å². The minimum absolute atomic E-state index is 0.0376. The monoisotopic (exact) mass is 502 g/mol. The third kappa shape index (κ3) is 5.33. The predicted octanol–water partition coefficient (Wildman–Crippen LogP) is 3.93. The molecule has 1 saturated carbocycles. The van der Waals surface area contributed by atoms with Crippen molar-refractivity contribution < 1.29 is 14.3 Å². The van der Waals surface area contributed by atoms with Gasteiger partial charge in [0, 0.05) is 48.7 Å². The highest BCUT2D eigenvalue weighted by atomic mass is 16.6. The van der Waals surface area contributed by atoms with Crippen molar-refractivity contribution in [3.8, 4) is 6.07 Å². The van der Waals surface area contributed by atoms with E-state index in [4.69, 9.17) is 4.74 Å². The van der Waals surface area contributed by atoms with Crippen LogP contribution in [0.5, 0.6) is 0 Å². The lowest BCUT2D eigenvalue weighted by molar-refractivity contribution is 0.00182. The van der Waals surface area contributed by atoms with Gasteiger partial charge in [-0.1, -0.05) is 0 Å². The van der Waals surface area contributed by atoms with Gasteiger partial charge >= 0.3 is 6.09 Å². The smallest absolute Gasteiger partial charge is 0.410 e. The Labute approximate surface area is 214 Å². The van der Waals surface area contributed by atoms with Crippen LogP contribution >= 0.6 is 0 Å². The van der Waals surface area contributed by atoms with Crippen LogP contribution in [0.3, 0.4) is 0 Å². The Hall–Kier alpha value is -4.20. The van der Waals surface area contributed by atoms with E-state index in [1.165, 1.54) is 0 Å². The Bertz CT molecular complexity index is 1400. The molecule has 1 atom stereocenters. The van der Waals surface area contributed by atoms with Gasteiger partial charge in [0.25, 0.3) is 5.91 Å². The van der Waals surface area contributed by atoms with E-state index >= 15 is 0 Å². The van der Waals surface area contributed by atoms with E-state index in [-0.39, 0.29) is 17.8 Å². The molecule has 1 saturated heterocycles. The number of anilines is 2. The van der Waals surface area contributed by atoms with Crippen molar-refractivity contribution in [2.24, 2.45) is 0 Å². The largest absolute Gasteiger partial charge is 0.444 e. The number of aromatic nitrogens is 4. The van der Waals surface area contributed by atoms with E-state index in [9.17, 15) is 14.9 Å². The van der Waals surface area contributed by atoms with Gasteiger partial charge in [-0.05, 0) is 58.7 Å². The zero-order chi connectivity index (χ0) is 26.3. The molecule has 37 heavy (non-hydrogen) atoms. The van der Waals surface area contributed by atoms with Crippen LogP contribution in [0.2, 0.25) is 0 Å². The lowest BCUT2D eigenvalue weighted by atomic mass is 10.1. The zero-order valence-corrected chi connectivity index (χ0v) is 21.4. The van der Waals surface area contributed by atoms with Crippen molar-refractivity contribution in [1.82, 2.24) is 30.0 Å². The fraction of sp³-hybridized carbons (Fsp3) is 0.462. The SMILES string of the molecule is CC1CN(C(=O)c2nc(Nc3cc(C4CC4)[nH]n3)c3cc(C#N)ccc3n2)CCN1C(=O)OC(C)(C)C. The maximum atomic E-state index is 13.5. The molecule has 3 aromatic rings. The highest BCUT2D eigenvalue weighted by Crippen LogP contribution is 2.39. The molecule has 2 aliphatic rings. The minimum Gasteiger partial charge on any atom is -0.444 e. The van der Waals surface area contributed by atoms with Gasteiger partial charge in [0.05, 0.1) is 17.1 Å². The van der Waals surface area contributed by atoms with Crippen LogP contribution in [0.15, 0.2) is 24.3 Å². The third-order valence-corrected chi connectivity index (χ3v) is 6.42. The number of hydrogen-bond donors (Lipinski definition) is 2. The number of benzene rings is 1. The van der Waals surface area contributed by atoms with Gasteiger partial charge in [0.15, 0.2) is 5.82 Å². The van der Waals surface area contributed by atoms with Crippen LogP contribution in [0, 0.1) is 11.3 Å². The van der Waals surface area contributed by atoms with Crippen LogP contribution < -0.4 is 5.32 Å². The maximum absolute atomic E-state index is 13.5. The molecule has 5 rings (SSSR count). The van der Waals surface area contributed by atoms with Gasteiger partial charge in [0.2, 0.25) is 5.82 Å². The molecular weight excluding hydrogens is 472 g/mol.